The molecule has 18 heavy (non-hydrogen) atoms. The van der Waals surface area contributed by atoms with Gasteiger partial charge < -0.3 is 10.5 Å². The highest BCUT2D eigenvalue weighted by Crippen LogP contribution is 2.28. The third-order valence-corrected chi connectivity index (χ3v) is 3.03. The smallest absolute Gasteiger partial charge is 0.123 e. The summed E-state index contributed by atoms with van der Waals surface area (Å²) >= 11 is 6.00. The molecule has 94 valence electrons. The molecule has 1 atom stereocenters. The van der Waals surface area contributed by atoms with Gasteiger partial charge in [0.25, 0.3) is 0 Å². The second-order valence-electron chi connectivity index (χ2n) is 4.05. The van der Waals surface area contributed by atoms with Gasteiger partial charge in [-0.2, -0.15) is 0 Å². The molecule has 1 aromatic heterocycles. The molecular formula is C14H15ClN2O. The molecule has 0 bridgehead atoms. The zero-order valence-electron chi connectivity index (χ0n) is 10.1. The number of hydrogen-bond acceptors (Lipinski definition) is 3. The maximum atomic E-state index is 6.21. The third kappa shape index (κ3) is 3.00. The van der Waals surface area contributed by atoms with Crippen LogP contribution in [-0.4, -0.2) is 12.1 Å². The van der Waals surface area contributed by atoms with Crippen LogP contribution in [0.3, 0.4) is 0 Å². The molecule has 0 spiro atoms. The van der Waals surface area contributed by atoms with E-state index in [0.29, 0.717) is 5.02 Å². The number of nitrogens with two attached hydrogens (primary N) is 1. The lowest BCUT2D eigenvalue weighted by molar-refractivity contribution is 0.405. The van der Waals surface area contributed by atoms with Crippen LogP contribution in [0.5, 0.6) is 5.75 Å². The second kappa shape index (κ2) is 5.85. The number of pyridine rings is 1. The molecule has 1 unspecified atom stereocenters. The minimum Gasteiger partial charge on any atom is -0.496 e. The molecule has 2 aromatic rings. The van der Waals surface area contributed by atoms with Crippen LogP contribution in [0.25, 0.3) is 0 Å². The fourth-order valence-corrected chi connectivity index (χ4v) is 2.06. The molecule has 0 radical (unpaired) electrons. The SMILES string of the molecule is COc1ccc(Cl)cc1C(N)Cc1ccncc1. The molecule has 2 rings (SSSR count). The Morgan fingerprint density at radius 1 is 1.28 bits per heavy atom. The van der Waals surface area contributed by atoms with Crippen molar-refractivity contribution in [2.24, 2.45) is 5.73 Å². The molecule has 0 amide bonds. The Morgan fingerprint density at radius 2 is 2.00 bits per heavy atom. The first-order valence-electron chi connectivity index (χ1n) is 5.68. The van der Waals surface area contributed by atoms with E-state index in [2.05, 4.69) is 4.98 Å². The minimum absolute atomic E-state index is 0.152. The van der Waals surface area contributed by atoms with Crippen LogP contribution in [-0.2, 0) is 6.42 Å². The van der Waals surface area contributed by atoms with Crippen molar-refractivity contribution >= 4 is 11.6 Å². The Hall–Kier alpha value is -1.58. The van der Waals surface area contributed by atoms with Crippen molar-refractivity contribution in [3.63, 3.8) is 0 Å². The van der Waals surface area contributed by atoms with Gasteiger partial charge in [-0.25, -0.2) is 0 Å². The molecule has 0 saturated carbocycles. The Kier molecular flexibility index (Phi) is 4.18. The van der Waals surface area contributed by atoms with Crippen LogP contribution in [0.2, 0.25) is 5.02 Å². The summed E-state index contributed by atoms with van der Waals surface area (Å²) in [6, 6.07) is 9.24. The van der Waals surface area contributed by atoms with Crippen molar-refractivity contribution in [2.75, 3.05) is 7.11 Å². The number of methoxy groups -OCH3 is 1. The molecule has 0 aliphatic heterocycles. The molecular weight excluding hydrogens is 248 g/mol. The molecule has 0 fully saturated rings. The lowest BCUT2D eigenvalue weighted by Crippen LogP contribution is -2.14. The summed E-state index contributed by atoms with van der Waals surface area (Å²) in [5.74, 6) is 0.765. The van der Waals surface area contributed by atoms with E-state index < -0.39 is 0 Å². The topological polar surface area (TPSA) is 48.1 Å². The number of benzene rings is 1. The predicted molar refractivity (Wildman–Crippen MR) is 72.9 cm³/mol. The van der Waals surface area contributed by atoms with Gasteiger partial charge in [-0.15, -0.1) is 0 Å². The van der Waals surface area contributed by atoms with Gasteiger partial charge >= 0.3 is 0 Å². The van der Waals surface area contributed by atoms with Crippen molar-refractivity contribution in [3.05, 3.63) is 58.9 Å². The highest BCUT2D eigenvalue weighted by atomic mass is 35.5. The van der Waals surface area contributed by atoms with E-state index in [-0.39, 0.29) is 6.04 Å². The van der Waals surface area contributed by atoms with Crippen LogP contribution in [0.1, 0.15) is 17.2 Å². The fraction of sp³-hybridized carbons (Fsp3) is 0.214. The average Bonchev–Trinajstić information content (AvgIpc) is 2.40. The molecule has 0 saturated heterocycles. The standard InChI is InChI=1S/C14H15ClN2O/c1-18-14-3-2-11(15)9-12(14)13(16)8-10-4-6-17-7-5-10/h2-7,9,13H,8,16H2,1H3. The molecule has 4 heteroatoms. The van der Waals surface area contributed by atoms with E-state index >= 15 is 0 Å². The van der Waals surface area contributed by atoms with Gasteiger partial charge in [-0.1, -0.05) is 11.6 Å². The quantitative estimate of drug-likeness (QED) is 0.922. The summed E-state index contributed by atoms with van der Waals surface area (Å²) in [4.78, 5) is 3.99. The van der Waals surface area contributed by atoms with Crippen molar-refractivity contribution in [1.29, 1.82) is 0 Å². The van der Waals surface area contributed by atoms with Crippen LogP contribution >= 0.6 is 11.6 Å². The normalized spacial score (nSPS) is 12.2. The third-order valence-electron chi connectivity index (χ3n) is 2.80. The van der Waals surface area contributed by atoms with Gasteiger partial charge in [0.15, 0.2) is 0 Å². The molecule has 2 N–H and O–H groups in total. The Bertz CT molecular complexity index is 516. The van der Waals surface area contributed by atoms with Crippen molar-refractivity contribution < 1.29 is 4.74 Å². The Balaban J connectivity index is 2.23. The van der Waals surface area contributed by atoms with E-state index in [4.69, 9.17) is 22.1 Å². The van der Waals surface area contributed by atoms with E-state index in [0.717, 1.165) is 23.3 Å². The first kappa shape index (κ1) is 12.9. The molecule has 1 aromatic carbocycles. The predicted octanol–water partition coefficient (Wildman–Crippen LogP) is 2.99. The number of ether oxygens (including phenoxy) is 1. The summed E-state index contributed by atoms with van der Waals surface area (Å²) in [5, 5.41) is 0.663. The van der Waals surface area contributed by atoms with E-state index in [1.54, 1.807) is 25.6 Å². The second-order valence-corrected chi connectivity index (χ2v) is 4.49. The van der Waals surface area contributed by atoms with Gasteiger partial charge in [0.05, 0.1) is 7.11 Å². The lowest BCUT2D eigenvalue weighted by atomic mass is 9.99. The van der Waals surface area contributed by atoms with Crippen LogP contribution in [0.15, 0.2) is 42.7 Å². The van der Waals surface area contributed by atoms with Crippen LogP contribution < -0.4 is 10.5 Å². The minimum atomic E-state index is -0.152. The van der Waals surface area contributed by atoms with Crippen molar-refractivity contribution in [2.45, 2.75) is 12.5 Å². The van der Waals surface area contributed by atoms with Gasteiger partial charge in [-0.05, 0) is 42.3 Å². The zero-order valence-corrected chi connectivity index (χ0v) is 10.9. The molecule has 1 heterocycles. The van der Waals surface area contributed by atoms with Gasteiger partial charge in [0.1, 0.15) is 5.75 Å². The monoisotopic (exact) mass is 262 g/mol. The summed E-state index contributed by atoms with van der Waals surface area (Å²) in [6.45, 7) is 0. The number of halogens is 1. The summed E-state index contributed by atoms with van der Waals surface area (Å²) in [7, 11) is 1.63. The highest BCUT2D eigenvalue weighted by Gasteiger charge is 2.13. The highest BCUT2D eigenvalue weighted by molar-refractivity contribution is 6.30. The Labute approximate surface area is 112 Å². The fourth-order valence-electron chi connectivity index (χ4n) is 1.88. The number of rotatable bonds is 4. The van der Waals surface area contributed by atoms with Gasteiger partial charge in [0.2, 0.25) is 0 Å². The molecule has 0 aliphatic rings. The van der Waals surface area contributed by atoms with Crippen molar-refractivity contribution in [3.8, 4) is 5.75 Å². The molecule has 0 aliphatic carbocycles. The maximum Gasteiger partial charge on any atom is 0.123 e. The summed E-state index contributed by atoms with van der Waals surface area (Å²) in [6.07, 6.45) is 4.24. The maximum absolute atomic E-state index is 6.21. The molecule has 3 nitrogen and oxygen atoms in total. The van der Waals surface area contributed by atoms with Crippen LogP contribution in [0.4, 0.5) is 0 Å². The van der Waals surface area contributed by atoms with Gasteiger partial charge in [0, 0.05) is 29.0 Å². The Morgan fingerprint density at radius 3 is 2.67 bits per heavy atom. The lowest BCUT2D eigenvalue weighted by Gasteiger charge is -2.16. The average molecular weight is 263 g/mol. The van der Waals surface area contributed by atoms with Crippen molar-refractivity contribution in [1.82, 2.24) is 4.98 Å². The zero-order chi connectivity index (χ0) is 13.0. The van der Waals surface area contributed by atoms with E-state index in [9.17, 15) is 0 Å². The first-order valence-corrected chi connectivity index (χ1v) is 6.06. The number of nitrogens with zero attached hydrogens (tertiary/aromatic N) is 1. The summed E-state index contributed by atoms with van der Waals surface area (Å²) < 4.78 is 5.31. The number of aromatic nitrogens is 1. The first-order chi connectivity index (χ1) is 8.70. The summed E-state index contributed by atoms with van der Waals surface area (Å²) in [5.41, 5.74) is 8.27. The van der Waals surface area contributed by atoms with E-state index in [1.807, 2.05) is 24.3 Å². The van der Waals surface area contributed by atoms with Gasteiger partial charge in [-0.3, -0.25) is 4.98 Å². The number of hydrogen-bond donors (Lipinski definition) is 1. The van der Waals surface area contributed by atoms with E-state index in [1.165, 1.54) is 0 Å². The van der Waals surface area contributed by atoms with Crippen LogP contribution in [0, 0.1) is 0 Å². The largest absolute Gasteiger partial charge is 0.496 e.